The SMILES string of the molecule is [Ca+2].[H-].[H-].[I][Pb]([I])([I])[I]. The molecule has 0 saturated carbocycles. The van der Waals surface area contributed by atoms with Gasteiger partial charge in [0, 0.05) is 0 Å². The standard InChI is InChI=1S/Ca.4HI.Pb.2H/h;4*1H;;;/q+2;;;;;+4;2*-1/p-4. The topological polar surface area (TPSA) is 0 Å². The van der Waals surface area contributed by atoms with E-state index in [4.69, 9.17) is 0 Å². The first-order valence-corrected chi connectivity index (χ1v) is 44.5. The van der Waals surface area contributed by atoms with Gasteiger partial charge in [0.1, 0.15) is 0 Å². The van der Waals surface area contributed by atoms with Gasteiger partial charge in [-0.15, -0.1) is 0 Å². The third-order valence-electron chi connectivity index (χ3n) is 0. The predicted octanol–water partition coefficient (Wildman–Crippen LogP) is 3.01. The molecule has 0 amide bonds. The zero-order valence-electron chi connectivity index (χ0n) is 4.72. The van der Waals surface area contributed by atoms with Crippen molar-refractivity contribution in [2.45, 2.75) is 0 Å². The van der Waals surface area contributed by atoms with E-state index in [1.807, 2.05) is 0 Å². The fraction of sp³-hybridized carbons (Fsp3) is 0. The molecule has 0 aromatic rings. The zero-order valence-corrected chi connectivity index (χ0v) is 17.4. The molecule has 0 rings (SSSR count). The minimum absolute atomic E-state index is 0. The van der Waals surface area contributed by atoms with Crippen LogP contribution in [-0.4, -0.2) is 41.7 Å². The maximum absolute atomic E-state index is 2.56. The summed E-state index contributed by atoms with van der Waals surface area (Å²) < 4.78 is -1.40. The minimum atomic E-state index is -1.40. The van der Waals surface area contributed by atoms with Gasteiger partial charge < -0.3 is 2.85 Å². The van der Waals surface area contributed by atoms with Crippen LogP contribution in [0.15, 0.2) is 0 Å². The van der Waals surface area contributed by atoms with Gasteiger partial charge in [0.2, 0.25) is 0 Å². The molecule has 0 unspecified atom stereocenters. The van der Waals surface area contributed by atoms with Crippen molar-refractivity contribution in [3.63, 3.8) is 0 Å². The molecule has 0 aromatic carbocycles. The third-order valence-corrected chi connectivity index (χ3v) is 0. The van der Waals surface area contributed by atoms with Crippen LogP contribution >= 0.6 is 71.0 Å². The molecular weight excluding hydrogens is 755 g/mol. The molecule has 0 aliphatic heterocycles. The van der Waals surface area contributed by atoms with Gasteiger partial charge in [-0.1, -0.05) is 0 Å². The van der Waals surface area contributed by atoms with Crippen molar-refractivity contribution in [2.75, 3.05) is 0 Å². The molecule has 6 heavy (non-hydrogen) atoms. The van der Waals surface area contributed by atoms with Crippen LogP contribution in [0.3, 0.4) is 0 Å². The van der Waals surface area contributed by atoms with E-state index in [1.54, 1.807) is 0 Å². The molecule has 36 valence electrons. The van der Waals surface area contributed by atoms with E-state index in [-0.39, 0.29) is 40.6 Å². The normalized spacial score (nSPS) is 10.0. The van der Waals surface area contributed by atoms with Gasteiger partial charge in [-0.25, -0.2) is 0 Å². The quantitative estimate of drug-likeness (QED) is 0.264. The van der Waals surface area contributed by atoms with Crippen molar-refractivity contribution in [3.8, 4) is 0 Å². The Labute approximate surface area is 111 Å². The fourth-order valence-electron chi connectivity index (χ4n) is 0. The average Bonchev–Trinajstić information content (AvgIpc) is 0.722. The van der Waals surface area contributed by atoms with Crippen LogP contribution < -0.4 is 0 Å². The van der Waals surface area contributed by atoms with Crippen LogP contribution in [0.5, 0.6) is 0 Å². The van der Waals surface area contributed by atoms with E-state index >= 15 is 0 Å². The van der Waals surface area contributed by atoms with Crippen molar-refractivity contribution < 1.29 is 2.85 Å². The Morgan fingerprint density at radius 2 is 1.00 bits per heavy atom. The molecule has 0 saturated heterocycles. The Bertz CT molecular complexity index is 29.5. The maximum atomic E-state index is 2.56. The second kappa shape index (κ2) is 6.79. The Kier molecular flexibility index (Phi) is 15.5. The molecule has 0 fully saturated rings. The molecule has 0 aromatic heterocycles. The fourth-order valence-corrected chi connectivity index (χ4v) is 0. The first kappa shape index (κ1) is 13.7. The van der Waals surface area contributed by atoms with Crippen molar-refractivity contribution in [2.24, 2.45) is 0 Å². The summed E-state index contributed by atoms with van der Waals surface area (Å²) in [6, 6.07) is 0. The predicted molar refractivity (Wildman–Crippen MR) is 69.8 cm³/mol. The summed E-state index contributed by atoms with van der Waals surface area (Å²) in [5.41, 5.74) is 0. The number of hydrogen-bond acceptors (Lipinski definition) is 0. The van der Waals surface area contributed by atoms with Crippen LogP contribution in [0, 0.1) is 0 Å². The van der Waals surface area contributed by atoms with E-state index in [0.717, 1.165) is 0 Å². The van der Waals surface area contributed by atoms with Gasteiger partial charge in [-0.05, 0) is 0 Å². The number of hydrogen-bond donors (Lipinski definition) is 0. The van der Waals surface area contributed by atoms with Gasteiger partial charge in [0.15, 0.2) is 0 Å². The van der Waals surface area contributed by atoms with Crippen LogP contribution in [0.25, 0.3) is 0 Å². The first-order chi connectivity index (χ1) is 2.00. The molecular formula is H2CaI4Pb. The average molecular weight is 757 g/mol. The summed E-state index contributed by atoms with van der Waals surface area (Å²) >= 11 is 10.2. The van der Waals surface area contributed by atoms with Gasteiger partial charge >= 0.3 is 113 Å². The van der Waals surface area contributed by atoms with E-state index in [1.165, 1.54) is 0 Å². The molecule has 0 heterocycles. The molecule has 6 heteroatoms. The third kappa shape index (κ3) is 23.0. The first-order valence-electron chi connectivity index (χ1n) is 0.756. The van der Waals surface area contributed by atoms with Crippen molar-refractivity contribution in [1.82, 2.24) is 0 Å². The molecule has 0 aliphatic carbocycles. The van der Waals surface area contributed by atoms with Crippen molar-refractivity contribution in [1.29, 1.82) is 0 Å². The van der Waals surface area contributed by atoms with Gasteiger partial charge in [-0.2, -0.15) is 0 Å². The van der Waals surface area contributed by atoms with E-state index in [2.05, 4.69) is 71.0 Å². The van der Waals surface area contributed by atoms with Crippen LogP contribution in [0.4, 0.5) is 0 Å². The van der Waals surface area contributed by atoms with E-state index in [0.29, 0.717) is 0 Å². The molecule has 0 atom stereocenters. The molecule has 0 aliphatic rings. The van der Waals surface area contributed by atoms with Gasteiger partial charge in [0.05, 0.1) is 0 Å². The Morgan fingerprint density at radius 3 is 1.00 bits per heavy atom. The van der Waals surface area contributed by atoms with Gasteiger partial charge in [0.25, 0.3) is 0 Å². The second-order valence-electron chi connectivity index (χ2n) is 0.429. The summed E-state index contributed by atoms with van der Waals surface area (Å²) in [7, 11) is 0. The molecule has 0 N–H and O–H groups in total. The van der Waals surface area contributed by atoms with Crippen LogP contribution in [0.1, 0.15) is 2.85 Å². The van der Waals surface area contributed by atoms with Gasteiger partial charge in [-0.3, -0.25) is 0 Å². The van der Waals surface area contributed by atoms with Crippen molar-refractivity contribution in [3.05, 3.63) is 0 Å². The number of rotatable bonds is 0. The molecule has 0 bridgehead atoms. The zero-order chi connectivity index (χ0) is 4.50. The van der Waals surface area contributed by atoms with Crippen LogP contribution in [-0.2, 0) is 0 Å². The Hall–Kier alpha value is 5.10. The Balaban J connectivity index is -0.0000000267. The summed E-state index contributed by atoms with van der Waals surface area (Å²) in [5, 5.41) is 0. The van der Waals surface area contributed by atoms with E-state index < -0.39 is 4.00 Å². The van der Waals surface area contributed by atoms with Crippen molar-refractivity contribution >= 4 is 113 Å². The van der Waals surface area contributed by atoms with E-state index in [9.17, 15) is 0 Å². The second-order valence-corrected chi connectivity index (χ2v) is 169. The summed E-state index contributed by atoms with van der Waals surface area (Å²) in [6.45, 7) is 0. The monoisotopic (exact) mass is 758 g/mol. The number of halogens is 4. The molecule has 0 spiro atoms. The Morgan fingerprint density at radius 1 is 1.00 bits per heavy atom. The molecule has 0 radical (unpaired) electrons. The summed E-state index contributed by atoms with van der Waals surface area (Å²) in [6.07, 6.45) is 0. The summed E-state index contributed by atoms with van der Waals surface area (Å²) in [4.78, 5) is 0. The molecule has 0 nitrogen and oxygen atoms in total. The summed E-state index contributed by atoms with van der Waals surface area (Å²) in [5.74, 6) is 0. The van der Waals surface area contributed by atoms with Crippen LogP contribution in [0.2, 0.25) is 0 Å².